The van der Waals surface area contributed by atoms with Crippen LogP contribution in [0.5, 0.6) is 0 Å². The molecule has 2 heterocycles. The maximum atomic E-state index is 13.3. The number of nitrogens with one attached hydrogen (secondary N) is 1. The molecule has 3 aliphatic rings. The number of ether oxygens (including phenoxy) is 1. The number of amides is 1. The molecule has 0 spiro atoms. The van der Waals surface area contributed by atoms with Gasteiger partial charge in [-0.2, -0.15) is 13.2 Å². The van der Waals surface area contributed by atoms with E-state index in [1.807, 2.05) is 6.07 Å². The van der Waals surface area contributed by atoms with Gasteiger partial charge in [0, 0.05) is 31.5 Å². The normalized spacial score (nSPS) is 25.9. The Balaban J connectivity index is 0.000000339. The van der Waals surface area contributed by atoms with Crippen LogP contribution in [-0.4, -0.2) is 60.4 Å². The standard InChI is InChI=1S/C19H25FN2O2.C2HF3O2/c20-16-3-1-2-13(8-16)10-22-7-6-17-15(11-22)12-24-18(17)9-21-19(23)14-4-5-14;3-2(4,5)1(6)7/h1-3,8,14-15,17-18H,4-7,9-12H2,(H,21,23);(H,6,7)/t15-,17-,18-;/m1./s1. The van der Waals surface area contributed by atoms with Crippen molar-refractivity contribution in [3.8, 4) is 0 Å². The molecule has 1 aromatic carbocycles. The van der Waals surface area contributed by atoms with Gasteiger partial charge in [0.25, 0.3) is 0 Å². The van der Waals surface area contributed by atoms with E-state index in [0.717, 1.165) is 51.1 Å². The monoisotopic (exact) mass is 446 g/mol. The van der Waals surface area contributed by atoms with Crippen LogP contribution in [0.2, 0.25) is 0 Å². The van der Waals surface area contributed by atoms with Gasteiger partial charge in [-0.3, -0.25) is 9.69 Å². The van der Waals surface area contributed by atoms with Gasteiger partial charge >= 0.3 is 12.1 Å². The molecule has 1 aromatic rings. The Kier molecular flexibility index (Phi) is 7.53. The van der Waals surface area contributed by atoms with Crippen LogP contribution in [-0.2, 0) is 20.9 Å². The Bertz CT molecular complexity index is 785. The Morgan fingerprint density at radius 2 is 1.94 bits per heavy atom. The summed E-state index contributed by atoms with van der Waals surface area (Å²) < 4.78 is 51.0. The second-order valence-corrected chi connectivity index (χ2v) is 8.27. The van der Waals surface area contributed by atoms with Crippen molar-refractivity contribution >= 4 is 11.9 Å². The lowest BCUT2D eigenvalue weighted by atomic mass is 9.84. The largest absolute Gasteiger partial charge is 0.490 e. The van der Waals surface area contributed by atoms with E-state index in [4.69, 9.17) is 14.6 Å². The highest BCUT2D eigenvalue weighted by Crippen LogP contribution is 2.35. The number of benzene rings is 1. The van der Waals surface area contributed by atoms with Gasteiger partial charge in [-0.1, -0.05) is 12.1 Å². The van der Waals surface area contributed by atoms with E-state index in [0.29, 0.717) is 18.4 Å². The van der Waals surface area contributed by atoms with Gasteiger partial charge in [0.15, 0.2) is 0 Å². The molecule has 31 heavy (non-hydrogen) atoms. The fourth-order valence-electron chi connectivity index (χ4n) is 4.10. The first-order valence-corrected chi connectivity index (χ1v) is 10.3. The molecule has 0 radical (unpaired) electrons. The maximum Gasteiger partial charge on any atom is 0.490 e. The topological polar surface area (TPSA) is 78.9 Å². The fourth-order valence-corrected chi connectivity index (χ4v) is 4.10. The smallest absolute Gasteiger partial charge is 0.475 e. The number of aliphatic carboxylic acids is 1. The number of likely N-dealkylation sites (tertiary alicyclic amines) is 1. The highest BCUT2D eigenvalue weighted by Gasteiger charge is 2.41. The summed E-state index contributed by atoms with van der Waals surface area (Å²) in [5.41, 5.74) is 1.03. The summed E-state index contributed by atoms with van der Waals surface area (Å²) in [6.07, 6.45) is -1.75. The van der Waals surface area contributed by atoms with E-state index in [1.54, 1.807) is 12.1 Å². The molecule has 1 saturated carbocycles. The molecule has 6 nitrogen and oxygen atoms in total. The number of halogens is 4. The average Bonchev–Trinajstić information content (AvgIpc) is 3.47. The molecule has 2 N–H and O–H groups in total. The third-order valence-corrected chi connectivity index (χ3v) is 5.84. The number of piperidine rings is 1. The van der Waals surface area contributed by atoms with Crippen LogP contribution in [0.25, 0.3) is 0 Å². The number of carbonyl (C=O) groups is 2. The minimum Gasteiger partial charge on any atom is -0.475 e. The van der Waals surface area contributed by atoms with Crippen molar-refractivity contribution in [2.24, 2.45) is 17.8 Å². The molecule has 172 valence electrons. The molecule has 0 aromatic heterocycles. The number of nitrogens with zero attached hydrogens (tertiary/aromatic N) is 1. The van der Waals surface area contributed by atoms with Gasteiger partial charge in [0.2, 0.25) is 5.91 Å². The SMILES string of the molecule is O=C(NC[C@H]1OC[C@H]2CN(Cc3cccc(F)c3)CC[C@H]21)C1CC1.O=C(O)C(F)(F)F. The van der Waals surface area contributed by atoms with Crippen LogP contribution in [0.15, 0.2) is 24.3 Å². The minimum atomic E-state index is -5.08. The molecule has 1 aliphatic carbocycles. The van der Waals surface area contributed by atoms with Crippen molar-refractivity contribution in [1.29, 1.82) is 0 Å². The van der Waals surface area contributed by atoms with Gasteiger partial charge in [-0.05, 0) is 49.4 Å². The lowest BCUT2D eigenvalue weighted by molar-refractivity contribution is -0.192. The molecule has 0 unspecified atom stereocenters. The van der Waals surface area contributed by atoms with Crippen molar-refractivity contribution in [3.05, 3.63) is 35.6 Å². The fraction of sp³-hybridized carbons (Fsp3) is 0.619. The predicted octanol–water partition coefficient (Wildman–Crippen LogP) is 2.82. The van der Waals surface area contributed by atoms with Crippen molar-refractivity contribution in [2.45, 2.75) is 38.1 Å². The third kappa shape index (κ3) is 6.90. The van der Waals surface area contributed by atoms with Gasteiger partial charge in [0.1, 0.15) is 5.82 Å². The zero-order valence-electron chi connectivity index (χ0n) is 16.9. The van der Waals surface area contributed by atoms with Gasteiger partial charge < -0.3 is 15.2 Å². The summed E-state index contributed by atoms with van der Waals surface area (Å²) >= 11 is 0. The number of carboxylic acid groups (broad SMARTS) is 1. The molecule has 2 saturated heterocycles. The highest BCUT2D eigenvalue weighted by atomic mass is 19.4. The molecule has 10 heteroatoms. The van der Waals surface area contributed by atoms with E-state index in [2.05, 4.69) is 10.2 Å². The Hall–Kier alpha value is -2.20. The number of hydrogen-bond acceptors (Lipinski definition) is 4. The number of fused-ring (bicyclic) bond motifs is 1. The van der Waals surface area contributed by atoms with Crippen LogP contribution >= 0.6 is 0 Å². The second kappa shape index (κ2) is 9.95. The summed E-state index contributed by atoms with van der Waals surface area (Å²) in [6, 6.07) is 6.86. The van der Waals surface area contributed by atoms with Crippen molar-refractivity contribution in [2.75, 3.05) is 26.2 Å². The number of carboxylic acids is 1. The molecule has 0 bridgehead atoms. The van der Waals surface area contributed by atoms with Crippen molar-refractivity contribution < 1.29 is 37.0 Å². The molecular formula is C21H26F4N2O4. The first-order chi connectivity index (χ1) is 14.6. The van der Waals surface area contributed by atoms with Gasteiger partial charge in [-0.25, -0.2) is 9.18 Å². The second-order valence-electron chi connectivity index (χ2n) is 8.27. The van der Waals surface area contributed by atoms with Crippen LogP contribution in [0, 0.1) is 23.6 Å². The van der Waals surface area contributed by atoms with Gasteiger partial charge in [0.05, 0.1) is 12.7 Å². The Morgan fingerprint density at radius 3 is 2.55 bits per heavy atom. The molecular weight excluding hydrogens is 420 g/mol. The van der Waals surface area contributed by atoms with Crippen LogP contribution in [0.3, 0.4) is 0 Å². The van der Waals surface area contributed by atoms with Crippen molar-refractivity contribution in [1.82, 2.24) is 10.2 Å². The first-order valence-electron chi connectivity index (χ1n) is 10.3. The Morgan fingerprint density at radius 1 is 1.23 bits per heavy atom. The number of carbonyl (C=O) groups excluding carboxylic acids is 1. The van der Waals surface area contributed by atoms with Crippen molar-refractivity contribution in [3.63, 3.8) is 0 Å². The quantitative estimate of drug-likeness (QED) is 0.681. The van der Waals surface area contributed by atoms with E-state index >= 15 is 0 Å². The van der Waals surface area contributed by atoms with E-state index in [9.17, 15) is 22.4 Å². The molecule has 3 atom stereocenters. The van der Waals surface area contributed by atoms with E-state index in [-0.39, 0.29) is 23.7 Å². The Labute approximate surface area is 177 Å². The van der Waals surface area contributed by atoms with E-state index < -0.39 is 12.1 Å². The number of alkyl halides is 3. The third-order valence-electron chi connectivity index (χ3n) is 5.84. The zero-order chi connectivity index (χ0) is 22.6. The van der Waals surface area contributed by atoms with Crippen LogP contribution in [0.4, 0.5) is 17.6 Å². The lowest BCUT2D eigenvalue weighted by Crippen LogP contribution is -2.43. The summed E-state index contributed by atoms with van der Waals surface area (Å²) in [4.78, 5) is 23.1. The molecule has 1 amide bonds. The molecule has 2 aliphatic heterocycles. The first kappa shape index (κ1) is 23.5. The average molecular weight is 446 g/mol. The molecule has 3 fully saturated rings. The van der Waals surface area contributed by atoms with Crippen LogP contribution < -0.4 is 5.32 Å². The maximum absolute atomic E-state index is 13.3. The van der Waals surface area contributed by atoms with E-state index in [1.165, 1.54) is 6.07 Å². The summed E-state index contributed by atoms with van der Waals surface area (Å²) in [6.45, 7) is 4.22. The summed E-state index contributed by atoms with van der Waals surface area (Å²) in [5, 5.41) is 10.2. The number of rotatable bonds is 5. The van der Waals surface area contributed by atoms with Crippen LogP contribution in [0.1, 0.15) is 24.8 Å². The predicted molar refractivity (Wildman–Crippen MR) is 102 cm³/mol. The number of hydrogen-bond donors (Lipinski definition) is 2. The summed E-state index contributed by atoms with van der Waals surface area (Å²) in [5.74, 6) is -1.41. The highest BCUT2D eigenvalue weighted by molar-refractivity contribution is 5.80. The van der Waals surface area contributed by atoms with Gasteiger partial charge in [-0.15, -0.1) is 0 Å². The summed E-state index contributed by atoms with van der Waals surface area (Å²) in [7, 11) is 0. The zero-order valence-corrected chi connectivity index (χ0v) is 16.9. The minimum absolute atomic E-state index is 0.161. The molecule has 4 rings (SSSR count). The lowest BCUT2D eigenvalue weighted by Gasteiger charge is -2.35.